The molecule has 0 aromatic rings. The summed E-state index contributed by atoms with van der Waals surface area (Å²) in [6, 6.07) is 0. The Kier molecular flexibility index (Phi) is 22.9. The number of hydrogen-bond acceptors (Lipinski definition) is 2. The third-order valence-corrected chi connectivity index (χ3v) is 5.57. The Bertz CT molecular complexity index is 244. The van der Waals surface area contributed by atoms with E-state index in [0.29, 0.717) is 6.61 Å². The molecular weight excluding hydrogens is 318 g/mol. The Labute approximate surface area is 166 Å². The van der Waals surface area contributed by atoms with Crippen LogP contribution in [0.4, 0.5) is 0 Å². The van der Waals surface area contributed by atoms with Gasteiger partial charge in [0.25, 0.3) is 0 Å². The number of aliphatic hydroxyl groups excluding tert-OH is 1. The average molecular weight is 370 g/mol. The molecule has 0 saturated carbocycles. The fraction of sp³-hybridized carbons (Fsp3) is 1.00. The Morgan fingerprint density at radius 3 is 1.04 bits per heavy atom. The van der Waals surface area contributed by atoms with Gasteiger partial charge in [-0.05, 0) is 25.9 Å². The summed E-state index contributed by atoms with van der Waals surface area (Å²) in [6.07, 6.45) is 25.1. The van der Waals surface area contributed by atoms with E-state index in [0.717, 1.165) is 6.54 Å². The molecule has 0 unspecified atom stereocenters. The normalized spacial score (nSPS) is 11.5. The van der Waals surface area contributed by atoms with E-state index in [1.165, 1.54) is 129 Å². The van der Waals surface area contributed by atoms with Crippen molar-refractivity contribution in [3.63, 3.8) is 0 Å². The van der Waals surface area contributed by atoms with Crippen molar-refractivity contribution in [3.05, 3.63) is 0 Å². The maximum atomic E-state index is 9.26. The standard InChI is InChI=1S/C24H51NO/c1-3-5-7-9-11-12-13-14-15-16-18-20-22-25(23-24-26)21-19-17-10-8-6-4-2/h26H,3-24H2,1-2H3. The van der Waals surface area contributed by atoms with Crippen LogP contribution >= 0.6 is 0 Å². The first-order chi connectivity index (χ1) is 12.8. The first-order valence-corrected chi connectivity index (χ1v) is 12.2. The second kappa shape index (κ2) is 23.0. The van der Waals surface area contributed by atoms with Gasteiger partial charge in [0.05, 0.1) is 6.61 Å². The van der Waals surface area contributed by atoms with Crippen LogP contribution in [-0.4, -0.2) is 36.2 Å². The van der Waals surface area contributed by atoms with Crippen LogP contribution < -0.4 is 0 Å². The molecule has 2 heteroatoms. The Morgan fingerprint density at radius 1 is 0.423 bits per heavy atom. The molecular formula is C24H51NO. The van der Waals surface area contributed by atoms with Crippen molar-refractivity contribution in [3.8, 4) is 0 Å². The van der Waals surface area contributed by atoms with Crippen LogP contribution in [0.15, 0.2) is 0 Å². The lowest BCUT2D eigenvalue weighted by Gasteiger charge is -2.21. The molecule has 0 saturated heterocycles. The molecule has 0 bridgehead atoms. The van der Waals surface area contributed by atoms with E-state index >= 15 is 0 Å². The highest BCUT2D eigenvalue weighted by molar-refractivity contribution is 4.59. The summed E-state index contributed by atoms with van der Waals surface area (Å²) >= 11 is 0. The highest BCUT2D eigenvalue weighted by atomic mass is 16.3. The summed E-state index contributed by atoms with van der Waals surface area (Å²) < 4.78 is 0. The van der Waals surface area contributed by atoms with Crippen LogP contribution in [0.2, 0.25) is 0 Å². The first-order valence-electron chi connectivity index (χ1n) is 12.2. The molecule has 26 heavy (non-hydrogen) atoms. The average Bonchev–Trinajstić information content (AvgIpc) is 2.65. The molecule has 0 spiro atoms. The molecule has 2 nitrogen and oxygen atoms in total. The van der Waals surface area contributed by atoms with E-state index in [4.69, 9.17) is 0 Å². The minimum atomic E-state index is 0.314. The summed E-state index contributed by atoms with van der Waals surface area (Å²) in [5.41, 5.74) is 0. The molecule has 0 fully saturated rings. The molecule has 0 amide bonds. The lowest BCUT2D eigenvalue weighted by atomic mass is 10.1. The van der Waals surface area contributed by atoms with E-state index in [-0.39, 0.29) is 0 Å². The zero-order valence-corrected chi connectivity index (χ0v) is 18.5. The van der Waals surface area contributed by atoms with E-state index < -0.39 is 0 Å². The van der Waals surface area contributed by atoms with Gasteiger partial charge in [-0.15, -0.1) is 0 Å². The summed E-state index contributed by atoms with van der Waals surface area (Å²) in [4.78, 5) is 2.48. The Morgan fingerprint density at radius 2 is 0.731 bits per heavy atom. The molecule has 0 aliphatic carbocycles. The minimum Gasteiger partial charge on any atom is -0.395 e. The molecule has 0 aromatic carbocycles. The van der Waals surface area contributed by atoms with Gasteiger partial charge in [0.2, 0.25) is 0 Å². The molecule has 158 valence electrons. The SMILES string of the molecule is CCCCCCCCCCCCCCN(CCO)CCCCCCCC. The van der Waals surface area contributed by atoms with E-state index in [1.54, 1.807) is 0 Å². The third-order valence-electron chi connectivity index (χ3n) is 5.57. The van der Waals surface area contributed by atoms with Crippen molar-refractivity contribution in [2.24, 2.45) is 0 Å². The topological polar surface area (TPSA) is 23.5 Å². The number of unbranched alkanes of at least 4 members (excludes halogenated alkanes) is 16. The zero-order valence-electron chi connectivity index (χ0n) is 18.5. The van der Waals surface area contributed by atoms with Crippen LogP contribution in [0.25, 0.3) is 0 Å². The first kappa shape index (κ1) is 25.9. The van der Waals surface area contributed by atoms with Crippen molar-refractivity contribution in [2.75, 3.05) is 26.2 Å². The van der Waals surface area contributed by atoms with Crippen molar-refractivity contribution in [2.45, 2.75) is 129 Å². The van der Waals surface area contributed by atoms with Crippen molar-refractivity contribution in [1.82, 2.24) is 4.90 Å². The Hall–Kier alpha value is -0.0800. The van der Waals surface area contributed by atoms with Crippen LogP contribution in [0, 0.1) is 0 Å². The Balaban J connectivity index is 3.37. The van der Waals surface area contributed by atoms with Gasteiger partial charge < -0.3 is 10.0 Å². The number of nitrogens with zero attached hydrogens (tertiary/aromatic N) is 1. The molecule has 0 atom stereocenters. The van der Waals surface area contributed by atoms with Gasteiger partial charge in [-0.2, -0.15) is 0 Å². The van der Waals surface area contributed by atoms with E-state index in [9.17, 15) is 5.11 Å². The predicted molar refractivity (Wildman–Crippen MR) is 118 cm³/mol. The van der Waals surface area contributed by atoms with Crippen LogP contribution in [0.3, 0.4) is 0 Å². The smallest absolute Gasteiger partial charge is 0.0558 e. The predicted octanol–water partition coefficient (Wildman–Crippen LogP) is 7.34. The minimum absolute atomic E-state index is 0.314. The zero-order chi connectivity index (χ0) is 19.1. The molecule has 0 aromatic heterocycles. The monoisotopic (exact) mass is 369 g/mol. The molecule has 0 aliphatic heterocycles. The molecule has 0 radical (unpaired) electrons. The van der Waals surface area contributed by atoms with Crippen LogP contribution in [-0.2, 0) is 0 Å². The van der Waals surface area contributed by atoms with E-state index in [1.807, 2.05) is 0 Å². The summed E-state index contributed by atoms with van der Waals surface area (Å²) in [6.45, 7) is 8.12. The maximum Gasteiger partial charge on any atom is 0.0558 e. The lowest BCUT2D eigenvalue weighted by molar-refractivity contribution is 0.190. The van der Waals surface area contributed by atoms with Gasteiger partial charge in [-0.1, -0.05) is 117 Å². The second-order valence-electron chi connectivity index (χ2n) is 8.22. The second-order valence-corrected chi connectivity index (χ2v) is 8.22. The highest BCUT2D eigenvalue weighted by Crippen LogP contribution is 2.12. The summed E-state index contributed by atoms with van der Waals surface area (Å²) in [7, 11) is 0. The van der Waals surface area contributed by atoms with Gasteiger partial charge in [-0.3, -0.25) is 0 Å². The molecule has 1 N–H and O–H groups in total. The van der Waals surface area contributed by atoms with Crippen LogP contribution in [0.5, 0.6) is 0 Å². The number of rotatable bonds is 22. The highest BCUT2D eigenvalue weighted by Gasteiger charge is 2.04. The lowest BCUT2D eigenvalue weighted by Crippen LogP contribution is -2.29. The van der Waals surface area contributed by atoms with E-state index in [2.05, 4.69) is 18.7 Å². The van der Waals surface area contributed by atoms with Crippen molar-refractivity contribution < 1.29 is 5.11 Å². The summed E-state index contributed by atoms with van der Waals surface area (Å²) in [5.74, 6) is 0. The summed E-state index contributed by atoms with van der Waals surface area (Å²) in [5, 5.41) is 9.26. The fourth-order valence-corrected chi connectivity index (χ4v) is 3.77. The van der Waals surface area contributed by atoms with Crippen molar-refractivity contribution in [1.29, 1.82) is 0 Å². The number of hydrogen-bond donors (Lipinski definition) is 1. The molecule has 0 aliphatic rings. The molecule has 0 rings (SSSR count). The molecule has 0 heterocycles. The van der Waals surface area contributed by atoms with Gasteiger partial charge in [0.15, 0.2) is 0 Å². The van der Waals surface area contributed by atoms with Crippen molar-refractivity contribution >= 4 is 0 Å². The third kappa shape index (κ3) is 20.2. The van der Waals surface area contributed by atoms with Crippen LogP contribution in [0.1, 0.15) is 129 Å². The number of aliphatic hydroxyl groups is 1. The van der Waals surface area contributed by atoms with Gasteiger partial charge >= 0.3 is 0 Å². The van der Waals surface area contributed by atoms with Gasteiger partial charge in [-0.25, -0.2) is 0 Å². The fourth-order valence-electron chi connectivity index (χ4n) is 3.77. The largest absolute Gasteiger partial charge is 0.395 e. The maximum absolute atomic E-state index is 9.26. The quantitative estimate of drug-likeness (QED) is 0.202. The van der Waals surface area contributed by atoms with Gasteiger partial charge in [0, 0.05) is 6.54 Å². The van der Waals surface area contributed by atoms with Gasteiger partial charge in [0.1, 0.15) is 0 Å².